The number of nitrogens with zero attached hydrogens (tertiary/aromatic N) is 1. The molecule has 4 heteroatoms. The molecule has 1 N–H and O–H groups in total. The summed E-state index contributed by atoms with van der Waals surface area (Å²) in [4.78, 5) is 0. The predicted molar refractivity (Wildman–Crippen MR) is 80.7 cm³/mol. The number of phenols is 1. The maximum absolute atomic E-state index is 9.44. The van der Waals surface area contributed by atoms with Gasteiger partial charge in [0.15, 0.2) is 0 Å². The third kappa shape index (κ3) is 3.37. The van der Waals surface area contributed by atoms with Gasteiger partial charge >= 0.3 is 0 Å². The predicted octanol–water partition coefficient (Wildman–Crippen LogP) is 4.87. The summed E-state index contributed by atoms with van der Waals surface area (Å²) in [7, 11) is 0. The van der Waals surface area contributed by atoms with Gasteiger partial charge in [-0.15, -0.1) is 0 Å². The lowest BCUT2D eigenvalue weighted by Gasteiger charge is -2.02. The second-order valence-electron chi connectivity index (χ2n) is 3.89. The van der Waals surface area contributed by atoms with Crippen molar-refractivity contribution in [1.29, 1.82) is 5.26 Å². The number of hydrogen-bond donors (Lipinski definition) is 1. The Kier molecular flexibility index (Phi) is 4.26. The number of hydrogen-bond acceptors (Lipinski definition) is 2. The van der Waals surface area contributed by atoms with Gasteiger partial charge in [0.2, 0.25) is 0 Å². The molecule has 0 saturated carbocycles. The number of rotatable bonds is 2. The lowest BCUT2D eigenvalue weighted by molar-refractivity contribution is 0.472. The van der Waals surface area contributed by atoms with E-state index in [0.717, 1.165) is 11.1 Å². The molecule has 0 bridgehead atoms. The Labute approximate surface area is 124 Å². The number of benzene rings is 2. The van der Waals surface area contributed by atoms with Gasteiger partial charge in [0.25, 0.3) is 0 Å². The van der Waals surface area contributed by atoms with Crippen LogP contribution in [0.3, 0.4) is 0 Å². The van der Waals surface area contributed by atoms with Crippen LogP contribution in [0.5, 0.6) is 5.75 Å². The minimum Gasteiger partial charge on any atom is -0.507 e. The van der Waals surface area contributed by atoms with E-state index in [2.05, 4.69) is 22.0 Å². The van der Waals surface area contributed by atoms with Gasteiger partial charge in [-0.05, 0) is 57.4 Å². The molecule has 2 nitrogen and oxygen atoms in total. The van der Waals surface area contributed by atoms with E-state index < -0.39 is 0 Å². The first kappa shape index (κ1) is 13.7. The van der Waals surface area contributed by atoms with Crippen molar-refractivity contribution in [1.82, 2.24) is 0 Å². The van der Waals surface area contributed by atoms with Crippen molar-refractivity contribution in [3.63, 3.8) is 0 Å². The maximum atomic E-state index is 9.44. The molecule has 0 aromatic heterocycles. The van der Waals surface area contributed by atoms with Gasteiger partial charge in [-0.3, -0.25) is 0 Å². The minimum atomic E-state index is 0.165. The Morgan fingerprint density at radius 1 is 1.26 bits per heavy atom. The van der Waals surface area contributed by atoms with E-state index in [4.69, 9.17) is 11.6 Å². The van der Waals surface area contributed by atoms with Crippen molar-refractivity contribution in [3.05, 3.63) is 63.1 Å². The molecule has 2 aromatic carbocycles. The summed E-state index contributed by atoms with van der Waals surface area (Å²) in [5.74, 6) is 0.165. The molecule has 2 rings (SSSR count). The number of nitriles is 1. The highest BCUT2D eigenvalue weighted by molar-refractivity contribution is 9.10. The molecule has 0 amide bonds. The van der Waals surface area contributed by atoms with Crippen LogP contribution in [0, 0.1) is 11.3 Å². The van der Waals surface area contributed by atoms with Crippen LogP contribution in [-0.4, -0.2) is 5.11 Å². The average Bonchev–Trinajstić information content (AvgIpc) is 2.40. The zero-order valence-corrected chi connectivity index (χ0v) is 12.1. The van der Waals surface area contributed by atoms with E-state index >= 15 is 0 Å². The van der Waals surface area contributed by atoms with Gasteiger partial charge in [0.1, 0.15) is 5.75 Å². The highest BCUT2D eigenvalue weighted by Crippen LogP contribution is 2.27. The standard InChI is InChI=1S/C15H9BrClNO/c16-14-7-10(4-5-15(14)19)6-12(9-18)11-2-1-3-13(17)8-11/h1-8,19H/b12-6-. The second kappa shape index (κ2) is 5.92. The monoisotopic (exact) mass is 333 g/mol. The molecular formula is C15H9BrClNO. The molecule has 0 aliphatic carbocycles. The number of phenolic OH excluding ortho intramolecular Hbond substituents is 1. The van der Waals surface area contributed by atoms with Crippen LogP contribution in [0.2, 0.25) is 5.02 Å². The first-order valence-corrected chi connectivity index (χ1v) is 6.63. The summed E-state index contributed by atoms with van der Waals surface area (Å²) in [5, 5.41) is 19.3. The molecule has 19 heavy (non-hydrogen) atoms. The number of allylic oxidation sites excluding steroid dienone is 1. The molecule has 0 aliphatic heterocycles. The van der Waals surface area contributed by atoms with Crippen molar-refractivity contribution in [2.75, 3.05) is 0 Å². The molecule has 0 aliphatic rings. The first-order chi connectivity index (χ1) is 9.10. The molecule has 0 fully saturated rings. The van der Waals surface area contributed by atoms with Crippen molar-refractivity contribution < 1.29 is 5.11 Å². The molecule has 94 valence electrons. The topological polar surface area (TPSA) is 44.0 Å². The SMILES string of the molecule is N#C/C(=C/c1ccc(O)c(Br)c1)c1cccc(Cl)c1. The van der Waals surface area contributed by atoms with Crippen LogP contribution in [-0.2, 0) is 0 Å². The molecule has 0 saturated heterocycles. The van der Waals surface area contributed by atoms with E-state index in [1.807, 2.05) is 6.07 Å². The van der Waals surface area contributed by atoms with Gasteiger partial charge in [0.05, 0.1) is 16.1 Å². The Morgan fingerprint density at radius 3 is 2.68 bits per heavy atom. The lowest BCUT2D eigenvalue weighted by Crippen LogP contribution is -1.82. The summed E-state index contributed by atoms with van der Waals surface area (Å²) in [6.07, 6.45) is 1.75. The van der Waals surface area contributed by atoms with Gasteiger partial charge in [0, 0.05) is 5.02 Å². The van der Waals surface area contributed by atoms with Gasteiger partial charge < -0.3 is 5.11 Å². The third-order valence-electron chi connectivity index (χ3n) is 2.54. The van der Waals surface area contributed by atoms with Crippen molar-refractivity contribution >= 4 is 39.2 Å². The van der Waals surface area contributed by atoms with Crippen LogP contribution in [0.15, 0.2) is 46.9 Å². The fourth-order valence-corrected chi connectivity index (χ4v) is 2.20. The Bertz CT molecular complexity index is 689. The van der Waals surface area contributed by atoms with Gasteiger partial charge in [-0.25, -0.2) is 0 Å². The highest BCUT2D eigenvalue weighted by Gasteiger charge is 2.03. The highest BCUT2D eigenvalue weighted by atomic mass is 79.9. The zero-order valence-electron chi connectivity index (χ0n) is 9.77. The molecular weight excluding hydrogens is 326 g/mol. The summed E-state index contributed by atoms with van der Waals surface area (Å²) < 4.78 is 0.588. The van der Waals surface area contributed by atoms with E-state index in [1.54, 1.807) is 42.5 Å². The fraction of sp³-hybridized carbons (Fsp3) is 0. The number of halogens is 2. The zero-order chi connectivity index (χ0) is 13.8. The summed E-state index contributed by atoms with van der Waals surface area (Å²) in [6.45, 7) is 0. The average molecular weight is 335 g/mol. The van der Waals surface area contributed by atoms with Crippen LogP contribution in [0.25, 0.3) is 11.6 Å². The molecule has 2 aromatic rings. The van der Waals surface area contributed by atoms with Crippen LogP contribution >= 0.6 is 27.5 Å². The van der Waals surface area contributed by atoms with Gasteiger partial charge in [-0.1, -0.05) is 29.8 Å². The first-order valence-electron chi connectivity index (χ1n) is 5.46. The van der Waals surface area contributed by atoms with Crippen LogP contribution < -0.4 is 0 Å². The van der Waals surface area contributed by atoms with E-state index in [0.29, 0.717) is 15.1 Å². The minimum absolute atomic E-state index is 0.165. The molecule has 0 heterocycles. The normalized spacial score (nSPS) is 11.1. The van der Waals surface area contributed by atoms with Crippen molar-refractivity contribution in [2.24, 2.45) is 0 Å². The summed E-state index contributed by atoms with van der Waals surface area (Å²) in [6, 6.07) is 14.3. The quantitative estimate of drug-likeness (QED) is 0.629. The van der Waals surface area contributed by atoms with E-state index in [1.165, 1.54) is 0 Å². The Balaban J connectivity index is 2.44. The van der Waals surface area contributed by atoms with Crippen LogP contribution in [0.4, 0.5) is 0 Å². The second-order valence-corrected chi connectivity index (χ2v) is 5.18. The smallest absolute Gasteiger partial charge is 0.129 e. The Hall–Kier alpha value is -1.76. The van der Waals surface area contributed by atoms with Crippen LogP contribution in [0.1, 0.15) is 11.1 Å². The molecule has 0 atom stereocenters. The van der Waals surface area contributed by atoms with Crippen molar-refractivity contribution in [3.8, 4) is 11.8 Å². The number of aromatic hydroxyl groups is 1. The maximum Gasteiger partial charge on any atom is 0.129 e. The summed E-state index contributed by atoms with van der Waals surface area (Å²) >= 11 is 9.16. The fourth-order valence-electron chi connectivity index (χ4n) is 1.62. The summed E-state index contributed by atoms with van der Waals surface area (Å²) in [5.41, 5.74) is 2.10. The van der Waals surface area contributed by atoms with Crippen molar-refractivity contribution in [2.45, 2.75) is 0 Å². The third-order valence-corrected chi connectivity index (χ3v) is 3.41. The Morgan fingerprint density at radius 2 is 2.05 bits per heavy atom. The molecule has 0 radical (unpaired) electrons. The van der Waals surface area contributed by atoms with Gasteiger partial charge in [-0.2, -0.15) is 5.26 Å². The lowest BCUT2D eigenvalue weighted by atomic mass is 10.0. The molecule has 0 unspecified atom stereocenters. The largest absolute Gasteiger partial charge is 0.507 e. The van der Waals surface area contributed by atoms with E-state index in [9.17, 15) is 10.4 Å². The molecule has 0 spiro atoms. The van der Waals surface area contributed by atoms with E-state index in [-0.39, 0.29) is 5.75 Å².